The fourth-order valence-electron chi connectivity index (χ4n) is 3.43. The van der Waals surface area contributed by atoms with E-state index in [9.17, 15) is 4.79 Å². The summed E-state index contributed by atoms with van der Waals surface area (Å²) < 4.78 is 12.3. The van der Waals surface area contributed by atoms with Crippen molar-refractivity contribution in [1.29, 1.82) is 0 Å². The van der Waals surface area contributed by atoms with Crippen LogP contribution in [-0.4, -0.2) is 43.4 Å². The molecule has 0 bridgehead atoms. The number of aryl methyl sites for hydroxylation is 1. The number of nitrogens with zero attached hydrogens (tertiary/aromatic N) is 2. The zero-order chi connectivity index (χ0) is 16.9. The van der Waals surface area contributed by atoms with E-state index < -0.39 is 0 Å². The van der Waals surface area contributed by atoms with Crippen LogP contribution in [0, 0.1) is 0 Å². The normalized spacial score (nSPS) is 15.1. The average molecular weight is 332 g/mol. The van der Waals surface area contributed by atoms with Crippen molar-refractivity contribution in [3.63, 3.8) is 0 Å². The molecule has 0 aliphatic carbocycles. The summed E-state index contributed by atoms with van der Waals surface area (Å²) in [6.45, 7) is 4.53. The molecule has 0 saturated carbocycles. The van der Waals surface area contributed by atoms with E-state index in [4.69, 9.17) is 9.47 Å². The van der Waals surface area contributed by atoms with Gasteiger partial charge in [0.15, 0.2) is 11.5 Å². The van der Waals surface area contributed by atoms with Crippen molar-refractivity contribution in [2.24, 2.45) is 0 Å². The molecule has 1 saturated heterocycles. The second-order valence-corrected chi connectivity index (χ2v) is 6.38. The van der Waals surface area contributed by atoms with Gasteiger partial charge >= 0.3 is 0 Å². The molecular formula is C18H26N3O3+. The molecule has 24 heavy (non-hydrogen) atoms. The molecule has 6 nitrogen and oxygen atoms in total. The summed E-state index contributed by atoms with van der Waals surface area (Å²) in [7, 11) is 3.15. The highest BCUT2D eigenvalue weighted by atomic mass is 16.5. The van der Waals surface area contributed by atoms with E-state index in [1.54, 1.807) is 42.1 Å². The van der Waals surface area contributed by atoms with Crippen LogP contribution in [0.3, 0.4) is 0 Å². The first kappa shape index (κ1) is 16.8. The third-order valence-electron chi connectivity index (χ3n) is 4.82. The number of methoxy groups -OCH3 is 2. The first-order valence-corrected chi connectivity index (χ1v) is 8.67. The van der Waals surface area contributed by atoms with Crippen LogP contribution in [0.1, 0.15) is 25.7 Å². The van der Waals surface area contributed by atoms with Crippen LogP contribution >= 0.6 is 0 Å². The number of ether oxygens (including phenoxy) is 2. The van der Waals surface area contributed by atoms with Crippen molar-refractivity contribution in [2.45, 2.75) is 32.2 Å². The van der Waals surface area contributed by atoms with E-state index in [-0.39, 0.29) is 5.56 Å². The molecular weight excluding hydrogens is 306 g/mol. The molecule has 3 rings (SSSR count). The molecule has 1 aromatic heterocycles. The van der Waals surface area contributed by atoms with Gasteiger partial charge in [-0.15, -0.1) is 0 Å². The molecule has 6 heteroatoms. The van der Waals surface area contributed by atoms with Crippen LogP contribution in [0.5, 0.6) is 11.5 Å². The van der Waals surface area contributed by atoms with Gasteiger partial charge in [-0.3, -0.25) is 9.36 Å². The fraction of sp³-hybridized carbons (Fsp3) is 0.556. The first-order valence-electron chi connectivity index (χ1n) is 8.67. The number of aromatic nitrogens is 2. The Morgan fingerprint density at radius 2 is 1.83 bits per heavy atom. The number of quaternary nitrogens is 1. The van der Waals surface area contributed by atoms with Gasteiger partial charge in [0.05, 0.1) is 51.1 Å². The van der Waals surface area contributed by atoms with E-state index in [0.717, 1.165) is 12.8 Å². The lowest BCUT2D eigenvalue weighted by Crippen LogP contribution is -3.09. The van der Waals surface area contributed by atoms with Crippen LogP contribution in [0.2, 0.25) is 0 Å². The van der Waals surface area contributed by atoms with Crippen molar-refractivity contribution in [2.75, 3.05) is 33.9 Å². The minimum absolute atomic E-state index is 0.0190. The van der Waals surface area contributed by atoms with Gasteiger partial charge < -0.3 is 14.4 Å². The zero-order valence-corrected chi connectivity index (χ0v) is 14.5. The van der Waals surface area contributed by atoms with Crippen LogP contribution in [0.15, 0.2) is 23.3 Å². The first-order chi connectivity index (χ1) is 11.7. The lowest BCUT2D eigenvalue weighted by molar-refractivity contribution is -0.887. The van der Waals surface area contributed by atoms with Crippen LogP contribution in [0.25, 0.3) is 10.9 Å². The number of rotatable bonds is 7. The lowest BCUT2D eigenvalue weighted by atomic mass is 10.2. The standard InChI is InChI=1S/C18H25N3O3/c1-23-16-11-14-15(12-17(16)24-2)19-13-21(18(14)22)10-6-5-9-20-7-3-4-8-20/h11-13H,3-10H2,1-2H3/p+1. The highest BCUT2D eigenvalue weighted by molar-refractivity contribution is 5.81. The van der Waals surface area contributed by atoms with Crippen molar-refractivity contribution in [3.8, 4) is 11.5 Å². The van der Waals surface area contributed by atoms with Crippen LogP contribution < -0.4 is 19.9 Å². The number of hydrogen-bond acceptors (Lipinski definition) is 4. The van der Waals surface area contributed by atoms with E-state index in [1.165, 1.54) is 32.5 Å². The molecule has 130 valence electrons. The number of fused-ring (bicyclic) bond motifs is 1. The van der Waals surface area contributed by atoms with E-state index in [2.05, 4.69) is 4.98 Å². The summed E-state index contributed by atoms with van der Waals surface area (Å²) >= 11 is 0. The Kier molecular flexibility index (Phi) is 5.35. The summed E-state index contributed by atoms with van der Waals surface area (Å²) in [5.74, 6) is 1.14. The van der Waals surface area contributed by atoms with Crippen molar-refractivity contribution in [1.82, 2.24) is 9.55 Å². The average Bonchev–Trinajstić information content (AvgIpc) is 3.12. The summed E-state index contributed by atoms with van der Waals surface area (Å²) in [6, 6.07) is 3.46. The van der Waals surface area contributed by atoms with Crippen molar-refractivity contribution >= 4 is 10.9 Å². The maximum absolute atomic E-state index is 12.7. The quantitative estimate of drug-likeness (QED) is 0.765. The molecule has 0 amide bonds. The molecule has 0 spiro atoms. The van der Waals surface area contributed by atoms with Crippen molar-refractivity contribution < 1.29 is 14.4 Å². The highest BCUT2D eigenvalue weighted by Crippen LogP contribution is 2.29. The SMILES string of the molecule is COc1cc2ncn(CCCC[NH+]3CCCC3)c(=O)c2cc1OC. The Morgan fingerprint density at radius 1 is 1.12 bits per heavy atom. The van der Waals surface area contributed by atoms with Gasteiger partial charge in [0, 0.05) is 25.5 Å². The molecule has 2 heterocycles. The van der Waals surface area contributed by atoms with Gasteiger partial charge in [0.2, 0.25) is 0 Å². The van der Waals surface area contributed by atoms with Crippen molar-refractivity contribution in [3.05, 3.63) is 28.8 Å². The summed E-state index contributed by atoms with van der Waals surface area (Å²) in [4.78, 5) is 18.8. The number of likely N-dealkylation sites (tertiary alicyclic amines) is 1. The van der Waals surface area contributed by atoms with Crippen LogP contribution in [-0.2, 0) is 6.54 Å². The Labute approximate surface area is 142 Å². The molecule has 2 aromatic rings. The van der Waals surface area contributed by atoms with Gasteiger partial charge in [0.1, 0.15) is 0 Å². The summed E-state index contributed by atoms with van der Waals surface area (Å²) in [5, 5.41) is 0.570. The maximum Gasteiger partial charge on any atom is 0.261 e. The topological polar surface area (TPSA) is 57.8 Å². The molecule has 1 aliphatic rings. The lowest BCUT2D eigenvalue weighted by Gasteiger charge is -2.12. The number of hydrogen-bond donors (Lipinski definition) is 1. The van der Waals surface area contributed by atoms with Gasteiger partial charge in [-0.05, 0) is 18.9 Å². The van der Waals surface area contributed by atoms with Gasteiger partial charge in [-0.2, -0.15) is 0 Å². The predicted molar refractivity (Wildman–Crippen MR) is 93.1 cm³/mol. The Hall–Kier alpha value is -2.08. The molecule has 0 unspecified atom stereocenters. The number of benzene rings is 1. The third-order valence-corrected chi connectivity index (χ3v) is 4.82. The predicted octanol–water partition coefficient (Wildman–Crippen LogP) is 0.873. The smallest absolute Gasteiger partial charge is 0.261 e. The van der Waals surface area contributed by atoms with Crippen LogP contribution in [0.4, 0.5) is 0 Å². The molecule has 1 aliphatic heterocycles. The minimum atomic E-state index is -0.0190. The van der Waals surface area contributed by atoms with Gasteiger partial charge in [-0.1, -0.05) is 0 Å². The molecule has 0 radical (unpaired) electrons. The minimum Gasteiger partial charge on any atom is -0.493 e. The molecule has 0 atom stereocenters. The number of unbranched alkanes of at least 4 members (excludes halogenated alkanes) is 1. The number of nitrogens with one attached hydrogen (secondary N) is 1. The Morgan fingerprint density at radius 3 is 2.54 bits per heavy atom. The maximum atomic E-state index is 12.7. The zero-order valence-electron chi connectivity index (χ0n) is 14.5. The summed E-state index contributed by atoms with van der Waals surface area (Å²) in [5.41, 5.74) is 0.616. The highest BCUT2D eigenvalue weighted by Gasteiger charge is 2.14. The fourth-order valence-corrected chi connectivity index (χ4v) is 3.43. The van der Waals surface area contributed by atoms with Gasteiger partial charge in [0.25, 0.3) is 5.56 Å². The third kappa shape index (κ3) is 3.53. The Bertz CT molecular complexity index is 751. The molecule has 1 fully saturated rings. The summed E-state index contributed by atoms with van der Waals surface area (Å²) in [6.07, 6.45) is 6.50. The van der Waals surface area contributed by atoms with E-state index in [0.29, 0.717) is 28.9 Å². The monoisotopic (exact) mass is 332 g/mol. The van der Waals surface area contributed by atoms with E-state index in [1.807, 2.05) is 0 Å². The second kappa shape index (κ2) is 7.66. The Balaban J connectivity index is 1.71. The second-order valence-electron chi connectivity index (χ2n) is 6.38. The molecule has 1 N–H and O–H groups in total. The van der Waals surface area contributed by atoms with E-state index >= 15 is 0 Å². The largest absolute Gasteiger partial charge is 0.493 e. The van der Waals surface area contributed by atoms with Gasteiger partial charge in [-0.25, -0.2) is 4.98 Å². The molecule has 1 aromatic carbocycles.